The summed E-state index contributed by atoms with van der Waals surface area (Å²) in [6.07, 6.45) is 2.35. The number of ketones is 2. The Morgan fingerprint density at radius 1 is 1.00 bits per heavy atom. The van der Waals surface area contributed by atoms with Crippen molar-refractivity contribution in [2.45, 2.75) is 25.2 Å². The maximum Gasteiger partial charge on any atom is 0.168 e. The summed E-state index contributed by atoms with van der Waals surface area (Å²) in [4.78, 5) is 29.9. The highest BCUT2D eigenvalue weighted by Gasteiger charge is 2.40. The van der Waals surface area contributed by atoms with Gasteiger partial charge in [0.25, 0.3) is 0 Å². The number of aliphatic hydroxyl groups is 1. The van der Waals surface area contributed by atoms with Gasteiger partial charge in [0, 0.05) is 70.3 Å². The molecule has 1 heterocycles. The Labute approximate surface area is 167 Å². The van der Waals surface area contributed by atoms with Crippen LogP contribution < -0.4 is 5.32 Å². The molecule has 0 atom stereocenters. The number of carbonyl (C=O) groups is 2. The Hall–Kier alpha value is -2.02. The normalized spacial score (nSPS) is 24.4. The highest BCUT2D eigenvalue weighted by atomic mass is 16.3. The first-order chi connectivity index (χ1) is 13.5. The third-order valence-electron chi connectivity index (χ3n) is 5.87. The van der Waals surface area contributed by atoms with Crippen LogP contribution in [0.4, 0.5) is 0 Å². The van der Waals surface area contributed by atoms with Gasteiger partial charge in [-0.25, -0.2) is 0 Å². The van der Waals surface area contributed by atoms with E-state index < -0.39 is 5.41 Å². The van der Waals surface area contributed by atoms with Gasteiger partial charge in [0.15, 0.2) is 11.6 Å². The van der Waals surface area contributed by atoms with E-state index in [0.717, 1.165) is 44.8 Å². The monoisotopic (exact) mass is 385 g/mol. The number of hydrogen-bond acceptors (Lipinski definition) is 6. The number of benzene rings is 1. The fourth-order valence-electron chi connectivity index (χ4n) is 4.10. The van der Waals surface area contributed by atoms with Gasteiger partial charge in [0.2, 0.25) is 0 Å². The third-order valence-corrected chi connectivity index (χ3v) is 5.87. The molecule has 1 aromatic rings. The maximum absolute atomic E-state index is 12.6. The molecule has 0 amide bonds. The van der Waals surface area contributed by atoms with Gasteiger partial charge < -0.3 is 10.4 Å². The molecule has 2 N–H and O–H groups in total. The molecule has 1 aliphatic carbocycles. The molecule has 0 bridgehead atoms. The Bertz CT molecular complexity index is 689. The van der Waals surface area contributed by atoms with Crippen molar-refractivity contribution in [3.05, 3.63) is 47.7 Å². The van der Waals surface area contributed by atoms with Crippen LogP contribution in [0, 0.1) is 0 Å². The van der Waals surface area contributed by atoms with Gasteiger partial charge in [-0.3, -0.25) is 19.4 Å². The zero-order chi connectivity index (χ0) is 20.0. The summed E-state index contributed by atoms with van der Waals surface area (Å²) in [5.74, 6) is -0.152. The average molecular weight is 386 g/mol. The van der Waals surface area contributed by atoms with E-state index in [1.54, 1.807) is 6.20 Å². The van der Waals surface area contributed by atoms with Crippen molar-refractivity contribution in [3.63, 3.8) is 0 Å². The topological polar surface area (TPSA) is 72.9 Å². The molecule has 152 valence electrons. The lowest BCUT2D eigenvalue weighted by molar-refractivity contribution is -0.126. The molecular weight excluding hydrogens is 354 g/mol. The minimum absolute atomic E-state index is 0.0762. The molecule has 6 heteroatoms. The predicted molar refractivity (Wildman–Crippen MR) is 109 cm³/mol. The zero-order valence-corrected chi connectivity index (χ0v) is 16.7. The zero-order valence-electron chi connectivity index (χ0n) is 16.7. The van der Waals surface area contributed by atoms with Crippen molar-refractivity contribution < 1.29 is 14.7 Å². The standard InChI is InChI=1S/C22H31N3O3/c1-22(18-5-3-2-4-6-18)15-20(27)19(21(28)16-22)17-23-7-8-24-9-11-25(12-10-24)13-14-26/h2-6,17,23,26H,7-16H2,1H3. The average Bonchev–Trinajstić information content (AvgIpc) is 2.69. The molecular formula is C22H31N3O3. The van der Waals surface area contributed by atoms with Gasteiger partial charge in [-0.05, 0) is 5.56 Å². The fraction of sp³-hybridized carbons (Fsp3) is 0.545. The van der Waals surface area contributed by atoms with Crippen molar-refractivity contribution >= 4 is 11.6 Å². The summed E-state index contributed by atoms with van der Waals surface area (Å²) in [7, 11) is 0. The van der Waals surface area contributed by atoms with E-state index in [9.17, 15) is 9.59 Å². The van der Waals surface area contributed by atoms with Gasteiger partial charge in [0.1, 0.15) is 0 Å². The molecule has 1 aromatic carbocycles. The summed E-state index contributed by atoms with van der Waals surface area (Å²) in [6.45, 7) is 8.43. The quantitative estimate of drug-likeness (QED) is 0.414. The van der Waals surface area contributed by atoms with Crippen LogP contribution in [0.2, 0.25) is 0 Å². The van der Waals surface area contributed by atoms with E-state index in [1.807, 2.05) is 37.3 Å². The van der Waals surface area contributed by atoms with E-state index in [-0.39, 0.29) is 18.2 Å². The predicted octanol–water partition coefficient (Wildman–Crippen LogP) is 0.960. The van der Waals surface area contributed by atoms with E-state index in [1.165, 1.54) is 0 Å². The minimum atomic E-state index is -0.416. The first-order valence-corrected chi connectivity index (χ1v) is 10.1. The van der Waals surface area contributed by atoms with Crippen LogP contribution in [-0.2, 0) is 15.0 Å². The van der Waals surface area contributed by atoms with Gasteiger partial charge in [-0.2, -0.15) is 0 Å². The summed E-state index contributed by atoms with van der Waals surface area (Å²) < 4.78 is 0. The number of hydrogen-bond donors (Lipinski definition) is 2. The molecule has 28 heavy (non-hydrogen) atoms. The van der Waals surface area contributed by atoms with Gasteiger partial charge in [-0.1, -0.05) is 37.3 Å². The summed E-state index contributed by atoms with van der Waals surface area (Å²) in [5, 5.41) is 12.2. The van der Waals surface area contributed by atoms with Crippen LogP contribution in [-0.4, -0.2) is 78.9 Å². The highest BCUT2D eigenvalue weighted by molar-refractivity contribution is 6.22. The molecule has 1 saturated heterocycles. The molecule has 1 saturated carbocycles. The summed E-state index contributed by atoms with van der Waals surface area (Å²) >= 11 is 0. The second-order valence-electron chi connectivity index (χ2n) is 8.05. The Morgan fingerprint density at radius 3 is 2.14 bits per heavy atom. The maximum atomic E-state index is 12.6. The van der Waals surface area contributed by atoms with Gasteiger partial charge in [-0.15, -0.1) is 0 Å². The number of nitrogens with one attached hydrogen (secondary N) is 1. The third kappa shape index (κ3) is 5.07. The number of rotatable bonds is 7. The van der Waals surface area contributed by atoms with Crippen molar-refractivity contribution in [2.75, 3.05) is 52.4 Å². The first kappa shape index (κ1) is 20.7. The molecule has 0 aromatic heterocycles. The summed E-state index contributed by atoms with van der Waals surface area (Å²) in [6, 6.07) is 9.83. The number of nitrogens with zero attached hydrogens (tertiary/aromatic N) is 2. The SMILES string of the molecule is CC1(c2ccccc2)CC(=O)C(=CNCCN2CCN(CCO)CC2)C(=O)C1. The van der Waals surface area contributed by atoms with Gasteiger partial charge >= 0.3 is 0 Å². The van der Waals surface area contributed by atoms with Crippen LogP contribution in [0.1, 0.15) is 25.3 Å². The summed E-state index contributed by atoms with van der Waals surface area (Å²) in [5.41, 5.74) is 0.936. The van der Waals surface area contributed by atoms with Crippen molar-refractivity contribution in [1.29, 1.82) is 0 Å². The minimum Gasteiger partial charge on any atom is -0.395 e. The molecule has 2 fully saturated rings. The van der Waals surface area contributed by atoms with E-state index >= 15 is 0 Å². The van der Waals surface area contributed by atoms with Crippen LogP contribution in [0.25, 0.3) is 0 Å². The van der Waals surface area contributed by atoms with Gasteiger partial charge in [0.05, 0.1) is 12.2 Å². The second kappa shape index (κ2) is 9.45. The van der Waals surface area contributed by atoms with Crippen LogP contribution in [0.5, 0.6) is 0 Å². The Balaban J connectivity index is 1.48. The van der Waals surface area contributed by atoms with Crippen LogP contribution in [0.15, 0.2) is 42.1 Å². The lowest BCUT2D eigenvalue weighted by Crippen LogP contribution is -2.48. The molecule has 0 radical (unpaired) electrons. The fourth-order valence-corrected chi connectivity index (χ4v) is 4.10. The van der Waals surface area contributed by atoms with Crippen LogP contribution in [0.3, 0.4) is 0 Å². The number of allylic oxidation sites excluding steroid dienone is 1. The molecule has 0 unspecified atom stereocenters. The largest absolute Gasteiger partial charge is 0.395 e. The molecule has 2 aliphatic rings. The smallest absolute Gasteiger partial charge is 0.168 e. The van der Waals surface area contributed by atoms with E-state index in [2.05, 4.69) is 15.1 Å². The Morgan fingerprint density at radius 2 is 1.57 bits per heavy atom. The molecule has 1 aliphatic heterocycles. The number of β-amino-alcohol motifs (C(OH)–C–C–N with tert-alkyl or cyclic N) is 1. The van der Waals surface area contributed by atoms with Crippen molar-refractivity contribution in [3.8, 4) is 0 Å². The second-order valence-corrected chi connectivity index (χ2v) is 8.05. The number of carbonyl (C=O) groups excluding carboxylic acids is 2. The van der Waals surface area contributed by atoms with Crippen molar-refractivity contribution in [2.24, 2.45) is 0 Å². The molecule has 3 rings (SSSR count). The first-order valence-electron chi connectivity index (χ1n) is 10.1. The molecule has 6 nitrogen and oxygen atoms in total. The van der Waals surface area contributed by atoms with Crippen molar-refractivity contribution in [1.82, 2.24) is 15.1 Å². The molecule has 0 spiro atoms. The number of Topliss-reactive ketones (excluding diaryl/α,β-unsaturated/α-hetero) is 2. The lowest BCUT2D eigenvalue weighted by atomic mass is 9.69. The van der Waals surface area contributed by atoms with E-state index in [0.29, 0.717) is 25.0 Å². The number of aliphatic hydroxyl groups excluding tert-OH is 1. The Kier molecular flexibility index (Phi) is 6.99. The number of piperazine rings is 1. The van der Waals surface area contributed by atoms with Crippen LogP contribution >= 0.6 is 0 Å². The highest BCUT2D eigenvalue weighted by Crippen LogP contribution is 2.37. The lowest BCUT2D eigenvalue weighted by Gasteiger charge is -2.34. The van der Waals surface area contributed by atoms with E-state index in [4.69, 9.17) is 5.11 Å².